The first-order valence-electron chi connectivity index (χ1n) is 6.77. The number of furan rings is 1. The third-order valence-electron chi connectivity index (χ3n) is 3.89. The quantitative estimate of drug-likeness (QED) is 0.563. The summed E-state index contributed by atoms with van der Waals surface area (Å²) in [5, 5.41) is 10.9. The van der Waals surface area contributed by atoms with E-state index in [9.17, 15) is 14.7 Å². The van der Waals surface area contributed by atoms with Crippen LogP contribution in [0.2, 0.25) is 0 Å². The lowest BCUT2D eigenvalue weighted by atomic mass is 10.0. The Labute approximate surface area is 123 Å². The maximum Gasteiger partial charge on any atom is 0.340 e. The van der Waals surface area contributed by atoms with E-state index in [1.165, 1.54) is 12.1 Å². The van der Waals surface area contributed by atoms with Gasteiger partial charge in [0.05, 0.1) is 5.52 Å². The molecule has 0 unspecified atom stereocenters. The Hall–Kier alpha value is -3.08. The lowest BCUT2D eigenvalue weighted by Crippen LogP contribution is -2.00. The summed E-state index contributed by atoms with van der Waals surface area (Å²) in [6.45, 7) is 1.91. The Kier molecular flexibility index (Phi) is 2.42. The second kappa shape index (κ2) is 4.21. The van der Waals surface area contributed by atoms with Crippen LogP contribution >= 0.6 is 0 Å². The fraction of sp³-hybridized carbons (Fsp3) is 0.0588. The van der Waals surface area contributed by atoms with Crippen molar-refractivity contribution in [3.8, 4) is 0 Å². The van der Waals surface area contributed by atoms with Crippen LogP contribution in [-0.4, -0.2) is 16.1 Å². The minimum atomic E-state index is -1.06. The standard InChI is InChI=1S/C17H11NO4/c1-8-3-2-4-11-13(17(20)21)16-15(18-14(8)11)10-6-5-9(19)7-12(10)22-16/h2-7,18H,1H3,(H,20,21). The molecule has 5 heteroatoms. The number of aryl methyl sites for hydroxylation is 1. The van der Waals surface area contributed by atoms with Crippen LogP contribution in [0.3, 0.4) is 0 Å². The molecule has 2 heterocycles. The van der Waals surface area contributed by atoms with Gasteiger partial charge in [-0.2, -0.15) is 0 Å². The number of aromatic nitrogens is 1. The highest BCUT2D eigenvalue weighted by molar-refractivity contribution is 6.17. The van der Waals surface area contributed by atoms with Gasteiger partial charge in [0.15, 0.2) is 11.0 Å². The van der Waals surface area contributed by atoms with Crippen molar-refractivity contribution in [3.63, 3.8) is 0 Å². The van der Waals surface area contributed by atoms with E-state index < -0.39 is 5.97 Å². The molecule has 0 saturated heterocycles. The third kappa shape index (κ3) is 1.59. The molecule has 0 aliphatic rings. The molecule has 4 rings (SSSR count). The molecule has 0 aliphatic carbocycles. The van der Waals surface area contributed by atoms with Gasteiger partial charge in [-0.1, -0.05) is 18.2 Å². The number of nitrogens with one attached hydrogen (secondary N) is 1. The number of benzene rings is 2. The number of pyridine rings is 1. The van der Waals surface area contributed by atoms with E-state index in [-0.39, 0.29) is 16.6 Å². The number of fused-ring (bicyclic) bond motifs is 4. The van der Waals surface area contributed by atoms with Gasteiger partial charge in [0.25, 0.3) is 0 Å². The number of aromatic carboxylic acids is 1. The van der Waals surface area contributed by atoms with Crippen LogP contribution in [0.5, 0.6) is 0 Å². The van der Waals surface area contributed by atoms with Crippen LogP contribution in [0.4, 0.5) is 0 Å². The molecule has 108 valence electrons. The smallest absolute Gasteiger partial charge is 0.340 e. The van der Waals surface area contributed by atoms with Crippen LogP contribution < -0.4 is 5.43 Å². The molecular formula is C17H11NO4. The van der Waals surface area contributed by atoms with Crippen molar-refractivity contribution in [1.29, 1.82) is 0 Å². The molecule has 0 spiro atoms. The number of hydrogen-bond acceptors (Lipinski definition) is 3. The van der Waals surface area contributed by atoms with E-state index in [4.69, 9.17) is 4.42 Å². The molecule has 2 N–H and O–H groups in total. The van der Waals surface area contributed by atoms with E-state index in [1.807, 2.05) is 19.1 Å². The lowest BCUT2D eigenvalue weighted by Gasteiger charge is -2.06. The zero-order valence-electron chi connectivity index (χ0n) is 11.6. The number of carboxylic acid groups (broad SMARTS) is 1. The first-order chi connectivity index (χ1) is 10.6. The van der Waals surface area contributed by atoms with Gasteiger partial charge in [-0.3, -0.25) is 4.79 Å². The number of aromatic amines is 1. The van der Waals surface area contributed by atoms with E-state index >= 15 is 0 Å². The number of hydrogen-bond donors (Lipinski definition) is 2. The third-order valence-corrected chi connectivity index (χ3v) is 3.89. The van der Waals surface area contributed by atoms with Crippen molar-refractivity contribution in [1.82, 2.24) is 4.98 Å². The van der Waals surface area contributed by atoms with Gasteiger partial charge in [-0.05, 0) is 24.6 Å². The molecule has 5 nitrogen and oxygen atoms in total. The monoisotopic (exact) mass is 293 g/mol. The van der Waals surface area contributed by atoms with Crippen molar-refractivity contribution < 1.29 is 14.3 Å². The average molecular weight is 293 g/mol. The first-order valence-corrected chi connectivity index (χ1v) is 6.77. The summed E-state index contributed by atoms with van der Waals surface area (Å²) in [6.07, 6.45) is 0. The van der Waals surface area contributed by atoms with E-state index in [0.29, 0.717) is 21.9 Å². The molecular weight excluding hydrogens is 282 g/mol. The Balaban J connectivity index is 2.35. The minimum absolute atomic E-state index is 0.107. The van der Waals surface area contributed by atoms with Crippen LogP contribution in [0.1, 0.15) is 15.9 Å². The summed E-state index contributed by atoms with van der Waals surface area (Å²) < 4.78 is 5.66. The lowest BCUT2D eigenvalue weighted by molar-refractivity contribution is 0.0700. The van der Waals surface area contributed by atoms with Gasteiger partial charge in [0, 0.05) is 22.4 Å². The van der Waals surface area contributed by atoms with Gasteiger partial charge >= 0.3 is 5.97 Å². The summed E-state index contributed by atoms with van der Waals surface area (Å²) in [5.41, 5.74) is 2.85. The van der Waals surface area contributed by atoms with Crippen LogP contribution in [0.25, 0.3) is 33.0 Å². The number of para-hydroxylation sites is 1. The zero-order chi connectivity index (χ0) is 15.4. The van der Waals surface area contributed by atoms with Gasteiger partial charge in [-0.15, -0.1) is 0 Å². The molecule has 0 fully saturated rings. The van der Waals surface area contributed by atoms with Gasteiger partial charge < -0.3 is 14.5 Å². The van der Waals surface area contributed by atoms with E-state index in [2.05, 4.69) is 4.98 Å². The summed E-state index contributed by atoms with van der Waals surface area (Å²) in [7, 11) is 0. The topological polar surface area (TPSA) is 83.3 Å². The maximum absolute atomic E-state index is 11.7. The average Bonchev–Trinajstić information content (AvgIpc) is 2.82. The maximum atomic E-state index is 11.7. The highest BCUT2D eigenvalue weighted by Gasteiger charge is 2.20. The van der Waals surface area contributed by atoms with Crippen molar-refractivity contribution in [3.05, 3.63) is 57.7 Å². The second-order valence-corrected chi connectivity index (χ2v) is 5.27. The van der Waals surface area contributed by atoms with Crippen LogP contribution in [0, 0.1) is 6.92 Å². The summed E-state index contributed by atoms with van der Waals surface area (Å²) in [6, 6.07) is 9.92. The normalized spacial score (nSPS) is 11.5. The Morgan fingerprint density at radius 3 is 2.73 bits per heavy atom. The minimum Gasteiger partial charge on any atom is -0.478 e. The predicted octanol–water partition coefficient (Wildman–Crippen LogP) is 3.43. The van der Waals surface area contributed by atoms with Gasteiger partial charge in [0.1, 0.15) is 11.1 Å². The summed E-state index contributed by atoms with van der Waals surface area (Å²) >= 11 is 0. The summed E-state index contributed by atoms with van der Waals surface area (Å²) in [5.74, 6) is -1.06. The Morgan fingerprint density at radius 2 is 1.95 bits per heavy atom. The molecule has 22 heavy (non-hydrogen) atoms. The number of carboxylic acids is 1. The van der Waals surface area contributed by atoms with Crippen molar-refractivity contribution in [2.24, 2.45) is 0 Å². The molecule has 0 amide bonds. The van der Waals surface area contributed by atoms with Crippen molar-refractivity contribution >= 4 is 38.9 Å². The number of carbonyl (C=O) groups is 1. The molecule has 0 saturated carbocycles. The molecule has 4 aromatic rings. The van der Waals surface area contributed by atoms with Gasteiger partial charge in [-0.25, -0.2) is 4.79 Å². The van der Waals surface area contributed by atoms with Crippen LogP contribution in [-0.2, 0) is 0 Å². The predicted molar refractivity (Wildman–Crippen MR) is 83.5 cm³/mol. The number of H-pyrrole nitrogens is 1. The molecule has 2 aromatic carbocycles. The fourth-order valence-electron chi connectivity index (χ4n) is 2.88. The largest absolute Gasteiger partial charge is 0.478 e. The summed E-state index contributed by atoms with van der Waals surface area (Å²) in [4.78, 5) is 26.5. The Bertz CT molecular complexity index is 1130. The van der Waals surface area contributed by atoms with E-state index in [1.54, 1.807) is 12.1 Å². The number of rotatable bonds is 1. The molecule has 0 aliphatic heterocycles. The molecule has 0 bridgehead atoms. The second-order valence-electron chi connectivity index (χ2n) is 5.27. The first kappa shape index (κ1) is 12.6. The fourth-order valence-corrected chi connectivity index (χ4v) is 2.88. The highest BCUT2D eigenvalue weighted by atomic mass is 16.4. The highest BCUT2D eigenvalue weighted by Crippen LogP contribution is 2.33. The van der Waals surface area contributed by atoms with E-state index in [0.717, 1.165) is 11.1 Å². The van der Waals surface area contributed by atoms with Crippen molar-refractivity contribution in [2.75, 3.05) is 0 Å². The zero-order valence-corrected chi connectivity index (χ0v) is 11.6. The molecule has 0 radical (unpaired) electrons. The molecule has 0 atom stereocenters. The van der Waals surface area contributed by atoms with Gasteiger partial charge in [0.2, 0.25) is 0 Å². The van der Waals surface area contributed by atoms with Crippen molar-refractivity contribution in [2.45, 2.75) is 6.92 Å². The van der Waals surface area contributed by atoms with Crippen LogP contribution in [0.15, 0.2) is 45.6 Å². The SMILES string of the molecule is Cc1cccc2c(C(=O)O)c3oc4cc(=O)ccc4c3[nH]c12. The molecule has 2 aromatic heterocycles. The Morgan fingerprint density at radius 1 is 1.14 bits per heavy atom.